The summed E-state index contributed by atoms with van der Waals surface area (Å²) in [5.74, 6) is 0.128. The maximum absolute atomic E-state index is 12.4. The van der Waals surface area contributed by atoms with E-state index in [9.17, 15) is 9.59 Å². The van der Waals surface area contributed by atoms with Crippen LogP contribution in [0, 0.1) is 0 Å². The van der Waals surface area contributed by atoms with E-state index in [1.165, 1.54) is 0 Å². The number of carbonyl (C=O) groups excluding carboxylic acids is 2. The fourth-order valence-corrected chi connectivity index (χ4v) is 2.56. The average Bonchev–Trinajstić information content (AvgIpc) is 2.59. The molecule has 0 spiro atoms. The number of nitrogens with one attached hydrogen (secondary N) is 1. The Morgan fingerprint density at radius 1 is 1.17 bits per heavy atom. The van der Waals surface area contributed by atoms with E-state index >= 15 is 0 Å². The third-order valence-electron chi connectivity index (χ3n) is 3.52. The van der Waals surface area contributed by atoms with Gasteiger partial charge in [-0.2, -0.15) is 0 Å². The molecule has 1 aliphatic rings. The third kappa shape index (κ3) is 3.46. The van der Waals surface area contributed by atoms with Gasteiger partial charge in [0.05, 0.1) is 18.8 Å². The molecule has 0 saturated carbocycles. The van der Waals surface area contributed by atoms with Crippen LogP contribution >= 0.6 is 11.6 Å². The van der Waals surface area contributed by atoms with Crippen molar-refractivity contribution >= 4 is 29.1 Å². The lowest BCUT2D eigenvalue weighted by Gasteiger charge is -2.29. The molecule has 1 aliphatic heterocycles. The molecule has 23 heavy (non-hydrogen) atoms. The number of nitrogens with zero attached hydrogens (tertiary/aromatic N) is 1. The van der Waals surface area contributed by atoms with Gasteiger partial charge in [-0.05, 0) is 30.3 Å². The van der Waals surface area contributed by atoms with E-state index in [1.807, 2.05) is 6.07 Å². The van der Waals surface area contributed by atoms with Crippen molar-refractivity contribution in [3.63, 3.8) is 0 Å². The quantitative estimate of drug-likeness (QED) is 0.940. The van der Waals surface area contributed by atoms with E-state index in [2.05, 4.69) is 5.32 Å². The molecular formula is C17H15ClN2O3. The minimum Gasteiger partial charge on any atom is -0.490 e. The van der Waals surface area contributed by atoms with E-state index in [0.29, 0.717) is 35.2 Å². The first-order valence-corrected chi connectivity index (χ1v) is 7.59. The van der Waals surface area contributed by atoms with Crippen LogP contribution in [-0.2, 0) is 4.79 Å². The molecule has 0 fully saturated rings. The van der Waals surface area contributed by atoms with Crippen LogP contribution in [0.3, 0.4) is 0 Å². The molecule has 2 aromatic carbocycles. The third-order valence-corrected chi connectivity index (χ3v) is 3.76. The number of anilines is 1. The maximum Gasteiger partial charge on any atom is 0.251 e. The van der Waals surface area contributed by atoms with Crippen LogP contribution < -0.4 is 15.0 Å². The van der Waals surface area contributed by atoms with Gasteiger partial charge in [0.25, 0.3) is 5.91 Å². The smallest absolute Gasteiger partial charge is 0.251 e. The van der Waals surface area contributed by atoms with Gasteiger partial charge in [0.2, 0.25) is 5.91 Å². The number of benzene rings is 2. The minimum absolute atomic E-state index is 0.0836. The fourth-order valence-electron chi connectivity index (χ4n) is 2.39. The molecule has 0 unspecified atom stereocenters. The Kier molecular flexibility index (Phi) is 4.48. The number of hydrogen-bond acceptors (Lipinski definition) is 3. The summed E-state index contributed by atoms with van der Waals surface area (Å²) < 4.78 is 5.51. The zero-order chi connectivity index (χ0) is 16.2. The molecule has 0 aliphatic carbocycles. The largest absolute Gasteiger partial charge is 0.490 e. The first kappa shape index (κ1) is 15.4. The molecule has 0 aromatic heterocycles. The number of carbonyl (C=O) groups is 2. The lowest BCUT2D eigenvalue weighted by Crippen LogP contribution is -2.44. The summed E-state index contributed by atoms with van der Waals surface area (Å²) in [6.07, 6.45) is 0. The van der Waals surface area contributed by atoms with Gasteiger partial charge >= 0.3 is 0 Å². The van der Waals surface area contributed by atoms with Crippen LogP contribution in [-0.4, -0.2) is 31.5 Å². The average molecular weight is 331 g/mol. The van der Waals surface area contributed by atoms with Crippen LogP contribution in [0.2, 0.25) is 5.02 Å². The number of halogens is 1. The van der Waals surface area contributed by atoms with E-state index < -0.39 is 0 Å². The van der Waals surface area contributed by atoms with Gasteiger partial charge in [-0.3, -0.25) is 9.59 Å². The number of rotatable bonds is 3. The minimum atomic E-state index is -0.279. The van der Waals surface area contributed by atoms with E-state index in [4.69, 9.17) is 16.3 Å². The van der Waals surface area contributed by atoms with Crippen LogP contribution in [0.1, 0.15) is 10.4 Å². The lowest BCUT2D eigenvalue weighted by molar-refractivity contribution is -0.117. The molecule has 0 radical (unpaired) electrons. The highest BCUT2D eigenvalue weighted by Gasteiger charge is 2.24. The molecule has 5 nitrogen and oxygen atoms in total. The second-order valence-corrected chi connectivity index (χ2v) is 5.49. The van der Waals surface area contributed by atoms with E-state index in [1.54, 1.807) is 47.4 Å². The van der Waals surface area contributed by atoms with Crippen molar-refractivity contribution in [3.05, 3.63) is 59.1 Å². The first-order chi connectivity index (χ1) is 11.1. The molecule has 0 saturated heterocycles. The molecular weight excluding hydrogens is 316 g/mol. The molecule has 118 valence electrons. The molecule has 1 heterocycles. The van der Waals surface area contributed by atoms with Crippen LogP contribution in [0.5, 0.6) is 5.75 Å². The van der Waals surface area contributed by atoms with Crippen LogP contribution in [0.4, 0.5) is 5.69 Å². The van der Waals surface area contributed by atoms with Crippen molar-refractivity contribution in [2.45, 2.75) is 0 Å². The normalized spacial score (nSPS) is 13.0. The Hall–Kier alpha value is -2.53. The van der Waals surface area contributed by atoms with Gasteiger partial charge < -0.3 is 15.0 Å². The first-order valence-electron chi connectivity index (χ1n) is 7.21. The predicted octanol–water partition coefficient (Wildman–Crippen LogP) is 2.50. The summed E-state index contributed by atoms with van der Waals surface area (Å²) in [5.41, 5.74) is 1.15. The summed E-state index contributed by atoms with van der Waals surface area (Å²) in [7, 11) is 0. The zero-order valence-corrected chi connectivity index (χ0v) is 13.0. The SMILES string of the molecule is O=C(NCC(=O)N1CCOc2ccc(Cl)cc21)c1ccccc1. The topological polar surface area (TPSA) is 58.6 Å². The highest BCUT2D eigenvalue weighted by molar-refractivity contribution is 6.31. The maximum atomic E-state index is 12.4. The Morgan fingerprint density at radius 3 is 2.74 bits per heavy atom. The van der Waals surface area contributed by atoms with Crippen LogP contribution in [0.15, 0.2) is 48.5 Å². The lowest BCUT2D eigenvalue weighted by atomic mass is 10.2. The Morgan fingerprint density at radius 2 is 1.96 bits per heavy atom. The molecule has 1 N–H and O–H groups in total. The number of amides is 2. The van der Waals surface area contributed by atoms with Crippen LogP contribution in [0.25, 0.3) is 0 Å². The summed E-state index contributed by atoms with van der Waals surface area (Å²) in [6, 6.07) is 13.9. The molecule has 0 bridgehead atoms. The van der Waals surface area contributed by atoms with Gasteiger partial charge in [0.15, 0.2) is 0 Å². The highest BCUT2D eigenvalue weighted by atomic mass is 35.5. The fraction of sp³-hybridized carbons (Fsp3) is 0.176. The van der Waals surface area contributed by atoms with Crippen molar-refractivity contribution in [1.82, 2.24) is 5.32 Å². The Labute approximate surface area is 138 Å². The van der Waals surface area contributed by atoms with Crippen molar-refractivity contribution in [2.24, 2.45) is 0 Å². The van der Waals surface area contributed by atoms with Gasteiger partial charge in [-0.15, -0.1) is 0 Å². The van der Waals surface area contributed by atoms with Crippen molar-refractivity contribution < 1.29 is 14.3 Å². The highest BCUT2D eigenvalue weighted by Crippen LogP contribution is 2.33. The van der Waals surface area contributed by atoms with E-state index in [-0.39, 0.29) is 18.4 Å². The Balaban J connectivity index is 1.68. The second kappa shape index (κ2) is 6.71. The van der Waals surface area contributed by atoms with Gasteiger partial charge in [0.1, 0.15) is 12.4 Å². The second-order valence-electron chi connectivity index (χ2n) is 5.05. The zero-order valence-electron chi connectivity index (χ0n) is 12.3. The summed E-state index contributed by atoms with van der Waals surface area (Å²) in [6.45, 7) is 0.750. The number of fused-ring (bicyclic) bond motifs is 1. The number of ether oxygens (including phenoxy) is 1. The molecule has 3 rings (SSSR count). The van der Waals surface area contributed by atoms with E-state index in [0.717, 1.165) is 0 Å². The summed E-state index contributed by atoms with van der Waals surface area (Å²) >= 11 is 5.99. The molecule has 0 atom stereocenters. The summed E-state index contributed by atoms with van der Waals surface area (Å²) in [5, 5.41) is 3.17. The summed E-state index contributed by atoms with van der Waals surface area (Å²) in [4.78, 5) is 26.0. The Bertz CT molecular complexity index is 734. The van der Waals surface area contributed by atoms with Crippen molar-refractivity contribution in [3.8, 4) is 5.75 Å². The van der Waals surface area contributed by atoms with Crippen molar-refractivity contribution in [2.75, 3.05) is 24.6 Å². The molecule has 2 aromatic rings. The van der Waals surface area contributed by atoms with Crippen molar-refractivity contribution in [1.29, 1.82) is 0 Å². The standard InChI is InChI=1S/C17H15ClN2O3/c18-13-6-7-15-14(10-13)20(8-9-23-15)16(21)11-19-17(22)12-4-2-1-3-5-12/h1-7,10H,8-9,11H2,(H,19,22). The number of hydrogen-bond donors (Lipinski definition) is 1. The molecule has 2 amide bonds. The molecule has 6 heteroatoms. The predicted molar refractivity (Wildman–Crippen MR) is 88.1 cm³/mol. The van der Waals surface area contributed by atoms with Gasteiger partial charge in [-0.25, -0.2) is 0 Å². The monoisotopic (exact) mass is 330 g/mol. The van der Waals surface area contributed by atoms with Gasteiger partial charge in [0, 0.05) is 10.6 Å². The van der Waals surface area contributed by atoms with Gasteiger partial charge in [-0.1, -0.05) is 29.8 Å².